The predicted octanol–water partition coefficient (Wildman–Crippen LogP) is 5.22. The number of rotatable bonds is 6. The molecule has 0 unspecified atom stereocenters. The highest BCUT2D eigenvalue weighted by Gasteiger charge is 2.23. The standard InChI is InChI=1S/C26H23ClN4O2/c1-33-18-11-12-20-21(15-18)29-24(26(32)30-20)23-19-5-2-3-6-22(19)31(14-4-13-28)25(23)16-7-9-17(27)10-8-16/h2-3,5-12,15H,4,13-14,28H2,1H3,(H,30,32). The Morgan fingerprint density at radius 2 is 1.88 bits per heavy atom. The molecular formula is C26H23ClN4O2. The summed E-state index contributed by atoms with van der Waals surface area (Å²) in [5, 5.41) is 1.61. The van der Waals surface area contributed by atoms with Crippen LogP contribution in [0, 0.1) is 0 Å². The maximum absolute atomic E-state index is 13.3. The van der Waals surface area contributed by atoms with Crippen LogP contribution in [0.2, 0.25) is 5.02 Å². The van der Waals surface area contributed by atoms with Gasteiger partial charge in [-0.25, -0.2) is 4.98 Å². The Morgan fingerprint density at radius 3 is 2.64 bits per heavy atom. The topological polar surface area (TPSA) is 85.9 Å². The minimum atomic E-state index is -0.246. The van der Waals surface area contributed by atoms with Crippen molar-refractivity contribution >= 4 is 33.5 Å². The number of ether oxygens (including phenoxy) is 1. The number of fused-ring (bicyclic) bond motifs is 2. The van der Waals surface area contributed by atoms with Crippen molar-refractivity contribution in [2.45, 2.75) is 13.0 Å². The van der Waals surface area contributed by atoms with Gasteiger partial charge in [0, 0.05) is 34.1 Å². The fourth-order valence-corrected chi connectivity index (χ4v) is 4.42. The lowest BCUT2D eigenvalue weighted by molar-refractivity contribution is 0.415. The molecule has 0 aliphatic rings. The van der Waals surface area contributed by atoms with Crippen molar-refractivity contribution in [1.29, 1.82) is 0 Å². The van der Waals surface area contributed by atoms with Crippen LogP contribution in [0.1, 0.15) is 6.42 Å². The number of H-pyrrole nitrogens is 1. The van der Waals surface area contributed by atoms with E-state index in [0.29, 0.717) is 40.6 Å². The number of halogens is 1. The highest BCUT2D eigenvalue weighted by molar-refractivity contribution is 6.30. The molecule has 0 fully saturated rings. The SMILES string of the molecule is COc1ccc2[nH]c(=O)c(-c3c(-c4ccc(Cl)cc4)n(CCCN)c4ccccc34)nc2c1. The van der Waals surface area contributed by atoms with E-state index in [2.05, 4.69) is 15.6 Å². The van der Waals surface area contributed by atoms with Crippen LogP contribution < -0.4 is 16.0 Å². The monoisotopic (exact) mass is 458 g/mol. The van der Waals surface area contributed by atoms with E-state index in [0.717, 1.165) is 34.1 Å². The van der Waals surface area contributed by atoms with E-state index < -0.39 is 0 Å². The molecule has 5 rings (SSSR count). The first-order valence-electron chi connectivity index (χ1n) is 10.8. The van der Waals surface area contributed by atoms with Crippen LogP contribution in [0.25, 0.3) is 44.5 Å². The Kier molecular flexibility index (Phi) is 5.62. The van der Waals surface area contributed by atoms with Crippen LogP contribution in [-0.2, 0) is 6.54 Å². The fourth-order valence-electron chi connectivity index (χ4n) is 4.29. The van der Waals surface area contributed by atoms with Crippen LogP contribution in [0.4, 0.5) is 0 Å². The van der Waals surface area contributed by atoms with E-state index in [1.807, 2.05) is 48.5 Å². The first-order valence-corrected chi connectivity index (χ1v) is 11.1. The quantitative estimate of drug-likeness (QED) is 0.365. The van der Waals surface area contributed by atoms with Gasteiger partial charge in [-0.2, -0.15) is 0 Å². The van der Waals surface area contributed by atoms with Crippen LogP contribution in [-0.4, -0.2) is 28.2 Å². The van der Waals surface area contributed by atoms with E-state index in [-0.39, 0.29) is 5.56 Å². The number of para-hydroxylation sites is 1. The summed E-state index contributed by atoms with van der Waals surface area (Å²) in [7, 11) is 1.61. The molecule has 7 heteroatoms. The van der Waals surface area contributed by atoms with Crippen LogP contribution >= 0.6 is 11.6 Å². The normalized spacial score (nSPS) is 11.4. The fraction of sp³-hybridized carbons (Fsp3) is 0.154. The number of aromatic nitrogens is 3. The van der Waals surface area contributed by atoms with E-state index in [4.69, 9.17) is 27.1 Å². The molecule has 2 heterocycles. The van der Waals surface area contributed by atoms with Gasteiger partial charge in [0.1, 0.15) is 11.4 Å². The summed E-state index contributed by atoms with van der Waals surface area (Å²) in [6.45, 7) is 1.28. The number of methoxy groups -OCH3 is 1. The highest BCUT2D eigenvalue weighted by atomic mass is 35.5. The van der Waals surface area contributed by atoms with Gasteiger partial charge < -0.3 is 20.0 Å². The Labute approximate surface area is 195 Å². The van der Waals surface area contributed by atoms with Gasteiger partial charge in [-0.1, -0.05) is 41.9 Å². The third-order valence-electron chi connectivity index (χ3n) is 5.81. The van der Waals surface area contributed by atoms with Crippen molar-refractivity contribution in [2.24, 2.45) is 5.73 Å². The van der Waals surface area contributed by atoms with Crippen molar-refractivity contribution in [3.8, 4) is 28.3 Å². The van der Waals surface area contributed by atoms with Gasteiger partial charge >= 0.3 is 0 Å². The summed E-state index contributed by atoms with van der Waals surface area (Å²) < 4.78 is 7.58. The number of nitrogens with two attached hydrogens (primary N) is 1. The summed E-state index contributed by atoms with van der Waals surface area (Å²) in [6, 6.07) is 21.1. The maximum Gasteiger partial charge on any atom is 0.275 e. The van der Waals surface area contributed by atoms with Crippen molar-refractivity contribution in [2.75, 3.05) is 13.7 Å². The highest BCUT2D eigenvalue weighted by Crippen LogP contribution is 2.40. The molecule has 0 spiro atoms. The molecule has 0 amide bonds. The van der Waals surface area contributed by atoms with E-state index in [1.165, 1.54) is 0 Å². The zero-order chi connectivity index (χ0) is 22.9. The lowest BCUT2D eigenvalue weighted by Crippen LogP contribution is -2.12. The third-order valence-corrected chi connectivity index (χ3v) is 6.06. The number of aromatic amines is 1. The molecule has 166 valence electrons. The molecule has 6 nitrogen and oxygen atoms in total. The van der Waals surface area contributed by atoms with Crippen LogP contribution in [0.15, 0.2) is 71.5 Å². The van der Waals surface area contributed by atoms with Crippen molar-refractivity contribution < 1.29 is 4.74 Å². The summed E-state index contributed by atoms with van der Waals surface area (Å²) in [6.07, 6.45) is 0.803. The van der Waals surface area contributed by atoms with Crippen LogP contribution in [0.3, 0.4) is 0 Å². The number of nitrogens with one attached hydrogen (secondary N) is 1. The van der Waals surface area contributed by atoms with Gasteiger partial charge in [0.2, 0.25) is 0 Å². The zero-order valence-electron chi connectivity index (χ0n) is 18.1. The van der Waals surface area contributed by atoms with Crippen molar-refractivity contribution in [3.05, 3.63) is 82.1 Å². The second-order valence-electron chi connectivity index (χ2n) is 7.84. The van der Waals surface area contributed by atoms with Gasteiger partial charge in [-0.3, -0.25) is 4.79 Å². The average molecular weight is 459 g/mol. The maximum atomic E-state index is 13.3. The molecule has 0 radical (unpaired) electrons. The van der Waals surface area contributed by atoms with Gasteiger partial charge in [-0.05, 0) is 48.9 Å². The Bertz CT molecular complexity index is 1520. The largest absolute Gasteiger partial charge is 0.497 e. The number of nitrogens with zero attached hydrogens (tertiary/aromatic N) is 2. The molecule has 2 aromatic heterocycles. The molecular weight excluding hydrogens is 436 g/mol. The zero-order valence-corrected chi connectivity index (χ0v) is 18.9. The van der Waals surface area contributed by atoms with Crippen LogP contribution in [0.5, 0.6) is 5.75 Å². The lowest BCUT2D eigenvalue weighted by atomic mass is 10.0. The molecule has 3 N–H and O–H groups in total. The van der Waals surface area contributed by atoms with Crippen molar-refractivity contribution in [1.82, 2.24) is 14.5 Å². The molecule has 0 aliphatic heterocycles. The molecule has 0 atom stereocenters. The Morgan fingerprint density at radius 1 is 1.09 bits per heavy atom. The second kappa shape index (κ2) is 8.73. The lowest BCUT2D eigenvalue weighted by Gasteiger charge is -2.13. The summed E-state index contributed by atoms with van der Waals surface area (Å²) in [5.74, 6) is 0.677. The van der Waals surface area contributed by atoms with Gasteiger partial charge in [0.15, 0.2) is 0 Å². The molecule has 33 heavy (non-hydrogen) atoms. The second-order valence-corrected chi connectivity index (χ2v) is 8.28. The van der Waals surface area contributed by atoms with Gasteiger partial charge in [0.25, 0.3) is 5.56 Å². The molecule has 3 aromatic carbocycles. The minimum Gasteiger partial charge on any atom is -0.497 e. The number of aryl methyl sites for hydroxylation is 1. The first-order chi connectivity index (χ1) is 16.1. The van der Waals surface area contributed by atoms with Gasteiger partial charge in [0.05, 0.1) is 23.8 Å². The van der Waals surface area contributed by atoms with E-state index in [9.17, 15) is 4.79 Å². The number of hydrogen-bond acceptors (Lipinski definition) is 4. The molecule has 0 saturated carbocycles. The van der Waals surface area contributed by atoms with Gasteiger partial charge in [-0.15, -0.1) is 0 Å². The number of benzene rings is 3. The Balaban J connectivity index is 1.88. The average Bonchev–Trinajstić information content (AvgIpc) is 3.16. The predicted molar refractivity (Wildman–Crippen MR) is 134 cm³/mol. The Hall–Kier alpha value is -3.61. The van der Waals surface area contributed by atoms with Crippen molar-refractivity contribution in [3.63, 3.8) is 0 Å². The molecule has 0 saturated heterocycles. The first kappa shape index (κ1) is 21.2. The summed E-state index contributed by atoms with van der Waals surface area (Å²) in [4.78, 5) is 21.1. The molecule has 0 aliphatic carbocycles. The molecule has 0 bridgehead atoms. The summed E-state index contributed by atoms with van der Waals surface area (Å²) in [5.41, 5.74) is 11.0. The third kappa shape index (κ3) is 3.77. The van der Waals surface area contributed by atoms with E-state index in [1.54, 1.807) is 19.2 Å². The number of hydrogen-bond donors (Lipinski definition) is 2. The van der Waals surface area contributed by atoms with E-state index >= 15 is 0 Å². The smallest absolute Gasteiger partial charge is 0.275 e. The summed E-state index contributed by atoms with van der Waals surface area (Å²) >= 11 is 6.17. The minimum absolute atomic E-state index is 0.246. The molecule has 5 aromatic rings.